The Hall–Kier alpha value is -1.53. The third-order valence-electron chi connectivity index (χ3n) is 1.87. The van der Waals surface area contributed by atoms with Gasteiger partial charge < -0.3 is 0 Å². The van der Waals surface area contributed by atoms with E-state index in [0.717, 1.165) is 0 Å². The Balaban J connectivity index is 0.000000181. The summed E-state index contributed by atoms with van der Waals surface area (Å²) < 4.78 is 0. The van der Waals surface area contributed by atoms with Crippen molar-refractivity contribution < 1.29 is 0 Å². The molecule has 0 fully saturated rings. The van der Waals surface area contributed by atoms with Crippen molar-refractivity contribution in [1.29, 1.82) is 0 Å². The molecule has 0 aliphatic heterocycles. The predicted molar refractivity (Wildman–Crippen MR) is 72.6 cm³/mol. The van der Waals surface area contributed by atoms with E-state index < -0.39 is 0 Å². The average Bonchev–Trinajstić information content (AvgIpc) is 2.40. The molecule has 2 aromatic carbocycles. The minimum atomic E-state index is 0.578. The summed E-state index contributed by atoms with van der Waals surface area (Å²) in [5.74, 6) is 0.578. The Morgan fingerprint density at radius 1 is 0.750 bits per heavy atom. The summed E-state index contributed by atoms with van der Waals surface area (Å²) >= 11 is 5.46. The van der Waals surface area contributed by atoms with Crippen LogP contribution in [0.4, 0.5) is 0 Å². The first-order valence-electron chi connectivity index (χ1n) is 5.21. The van der Waals surface area contributed by atoms with E-state index in [-0.39, 0.29) is 0 Å². The normalized spacial score (nSPS) is 9.56. The van der Waals surface area contributed by atoms with Gasteiger partial charge in [0.2, 0.25) is 0 Å². The van der Waals surface area contributed by atoms with Gasteiger partial charge in [0.25, 0.3) is 0 Å². The lowest BCUT2D eigenvalue weighted by molar-refractivity contribution is 1.65. The number of halogens is 1. The van der Waals surface area contributed by atoms with Crippen LogP contribution in [0.25, 0.3) is 6.08 Å². The summed E-state index contributed by atoms with van der Waals surface area (Å²) in [4.78, 5) is 0. The Labute approximate surface area is 102 Å². The zero-order valence-corrected chi connectivity index (χ0v) is 9.85. The molecule has 0 saturated carbocycles. The number of allylic oxidation sites excluding steroid dienone is 1. The molecule has 82 valence electrons. The molecule has 0 radical (unpaired) electrons. The average molecular weight is 231 g/mol. The summed E-state index contributed by atoms with van der Waals surface area (Å²) in [7, 11) is 0. The van der Waals surface area contributed by atoms with Crippen LogP contribution in [0.3, 0.4) is 0 Å². The highest BCUT2D eigenvalue weighted by Crippen LogP contribution is 2.00. The molecule has 2 aromatic rings. The molecular weight excluding hydrogens is 216 g/mol. The quantitative estimate of drug-likeness (QED) is 0.660. The molecule has 2 rings (SSSR count). The third-order valence-corrected chi connectivity index (χ3v) is 2.04. The van der Waals surface area contributed by atoms with Crippen molar-refractivity contribution in [2.75, 3.05) is 5.88 Å². The van der Waals surface area contributed by atoms with E-state index in [0.29, 0.717) is 5.88 Å². The van der Waals surface area contributed by atoms with Gasteiger partial charge in [-0.25, -0.2) is 0 Å². The molecule has 0 nitrogen and oxygen atoms in total. The van der Waals surface area contributed by atoms with Crippen molar-refractivity contribution >= 4 is 17.7 Å². The van der Waals surface area contributed by atoms with E-state index >= 15 is 0 Å². The van der Waals surface area contributed by atoms with Crippen LogP contribution < -0.4 is 0 Å². The van der Waals surface area contributed by atoms with Gasteiger partial charge in [0.05, 0.1) is 0 Å². The fourth-order valence-corrected chi connectivity index (χ4v) is 1.22. The minimum Gasteiger partial charge on any atom is -0.122 e. The summed E-state index contributed by atoms with van der Waals surface area (Å²) in [6.45, 7) is 0. The summed E-state index contributed by atoms with van der Waals surface area (Å²) in [5, 5.41) is 0. The van der Waals surface area contributed by atoms with Crippen molar-refractivity contribution in [2.24, 2.45) is 0 Å². The van der Waals surface area contributed by atoms with E-state index in [4.69, 9.17) is 11.6 Å². The first-order chi connectivity index (χ1) is 7.93. The first kappa shape index (κ1) is 12.5. The van der Waals surface area contributed by atoms with E-state index in [9.17, 15) is 0 Å². The maximum absolute atomic E-state index is 5.46. The van der Waals surface area contributed by atoms with Crippen molar-refractivity contribution in [2.45, 2.75) is 0 Å². The van der Waals surface area contributed by atoms with Crippen molar-refractivity contribution in [1.82, 2.24) is 0 Å². The topological polar surface area (TPSA) is 0 Å². The van der Waals surface area contributed by atoms with Gasteiger partial charge in [-0.05, 0) is 5.56 Å². The van der Waals surface area contributed by atoms with Gasteiger partial charge in [0.1, 0.15) is 0 Å². The Bertz CT molecular complexity index is 352. The van der Waals surface area contributed by atoms with Crippen LogP contribution in [-0.2, 0) is 0 Å². The lowest BCUT2D eigenvalue weighted by Crippen LogP contribution is -1.67. The molecule has 0 bridgehead atoms. The van der Waals surface area contributed by atoms with Crippen LogP contribution in [0.15, 0.2) is 72.8 Å². The van der Waals surface area contributed by atoms with E-state index in [1.165, 1.54) is 5.56 Å². The zero-order valence-electron chi connectivity index (χ0n) is 9.09. The van der Waals surface area contributed by atoms with Crippen LogP contribution in [0.1, 0.15) is 5.56 Å². The monoisotopic (exact) mass is 230 g/mol. The highest BCUT2D eigenvalue weighted by molar-refractivity contribution is 6.19. The SMILES string of the molecule is ClCC=Cc1ccccc1.c1ccccc1. The van der Waals surface area contributed by atoms with Gasteiger partial charge in [-0.1, -0.05) is 78.9 Å². The molecule has 0 heterocycles. The van der Waals surface area contributed by atoms with Crippen LogP contribution >= 0.6 is 11.6 Å². The number of rotatable bonds is 2. The molecule has 0 N–H and O–H groups in total. The Morgan fingerprint density at radius 2 is 1.19 bits per heavy atom. The Kier molecular flexibility index (Phi) is 6.86. The summed E-state index contributed by atoms with van der Waals surface area (Å²) in [6.07, 6.45) is 3.93. The second-order valence-corrected chi connectivity index (χ2v) is 3.43. The third kappa shape index (κ3) is 6.05. The number of hydrogen-bond donors (Lipinski definition) is 0. The molecule has 1 heteroatoms. The maximum atomic E-state index is 5.46. The highest BCUT2D eigenvalue weighted by atomic mass is 35.5. The van der Waals surface area contributed by atoms with Gasteiger partial charge in [0.15, 0.2) is 0 Å². The largest absolute Gasteiger partial charge is 0.122 e. The lowest BCUT2D eigenvalue weighted by Gasteiger charge is -1.87. The summed E-state index contributed by atoms with van der Waals surface area (Å²) in [5.41, 5.74) is 1.20. The Morgan fingerprint density at radius 3 is 1.62 bits per heavy atom. The molecule has 0 atom stereocenters. The van der Waals surface area contributed by atoms with Crippen molar-refractivity contribution in [3.63, 3.8) is 0 Å². The van der Waals surface area contributed by atoms with Crippen LogP contribution in [0, 0.1) is 0 Å². The molecule has 0 saturated heterocycles. The zero-order chi connectivity index (χ0) is 11.5. The smallest absolute Gasteiger partial charge is 0.0407 e. The molecule has 0 aliphatic rings. The van der Waals surface area contributed by atoms with Crippen LogP contribution in [0.5, 0.6) is 0 Å². The molecule has 0 aliphatic carbocycles. The van der Waals surface area contributed by atoms with Crippen LogP contribution in [-0.4, -0.2) is 5.88 Å². The molecule has 0 aromatic heterocycles. The van der Waals surface area contributed by atoms with Gasteiger partial charge in [-0.2, -0.15) is 0 Å². The first-order valence-corrected chi connectivity index (χ1v) is 5.74. The van der Waals surface area contributed by atoms with Crippen LogP contribution in [0.2, 0.25) is 0 Å². The molecule has 0 spiro atoms. The van der Waals surface area contributed by atoms with Crippen molar-refractivity contribution in [3.8, 4) is 0 Å². The second-order valence-electron chi connectivity index (χ2n) is 3.12. The van der Waals surface area contributed by atoms with E-state index in [1.807, 2.05) is 78.9 Å². The van der Waals surface area contributed by atoms with Gasteiger partial charge in [0, 0.05) is 5.88 Å². The number of alkyl halides is 1. The number of benzene rings is 2. The lowest BCUT2D eigenvalue weighted by atomic mass is 10.2. The van der Waals surface area contributed by atoms with Gasteiger partial charge in [-0.3, -0.25) is 0 Å². The maximum Gasteiger partial charge on any atom is 0.0407 e. The fourth-order valence-electron chi connectivity index (χ4n) is 1.13. The van der Waals surface area contributed by atoms with E-state index in [1.54, 1.807) is 0 Å². The predicted octanol–water partition coefficient (Wildman–Crippen LogP) is 4.63. The standard InChI is InChI=1S/C9H9Cl.C6H6/c10-8-4-7-9-5-2-1-3-6-9;1-2-4-6-5-3-1/h1-7H,8H2;1-6H. The second kappa shape index (κ2) is 8.75. The highest BCUT2D eigenvalue weighted by Gasteiger charge is 1.79. The van der Waals surface area contributed by atoms with E-state index in [2.05, 4.69) is 0 Å². The molecular formula is C15H15Cl. The fraction of sp³-hybridized carbons (Fsp3) is 0.0667. The van der Waals surface area contributed by atoms with Gasteiger partial charge in [-0.15, -0.1) is 11.6 Å². The minimum absolute atomic E-state index is 0.578. The molecule has 16 heavy (non-hydrogen) atoms. The summed E-state index contributed by atoms with van der Waals surface area (Å²) in [6, 6.07) is 22.1. The molecule has 0 unspecified atom stereocenters. The molecule has 0 amide bonds. The van der Waals surface area contributed by atoms with Gasteiger partial charge >= 0.3 is 0 Å². The number of hydrogen-bond acceptors (Lipinski definition) is 0. The van der Waals surface area contributed by atoms with Crippen molar-refractivity contribution in [3.05, 3.63) is 78.4 Å².